The molecule has 1 saturated carbocycles. The standard InChI is InChI=1S/C19H26Cl2N2O2/c1-3-7-18(24)23(12-15-16(20)10-6-11-17(15)21)13(2)19(25)22-14-8-4-5-9-14/h6,10-11,13-14H,3-5,7-9,12H2,1-2H3,(H,22,25)/t13-/m0/s1. The lowest BCUT2D eigenvalue weighted by Gasteiger charge is -2.30. The highest BCUT2D eigenvalue weighted by atomic mass is 35.5. The Morgan fingerprint density at radius 3 is 2.40 bits per heavy atom. The van der Waals surface area contributed by atoms with Crippen molar-refractivity contribution in [2.45, 2.75) is 71.0 Å². The van der Waals surface area contributed by atoms with E-state index in [0.717, 1.165) is 32.1 Å². The molecule has 4 nitrogen and oxygen atoms in total. The summed E-state index contributed by atoms with van der Waals surface area (Å²) in [6.07, 6.45) is 5.43. The summed E-state index contributed by atoms with van der Waals surface area (Å²) < 4.78 is 0. The Kier molecular flexibility index (Phi) is 7.57. The van der Waals surface area contributed by atoms with Gasteiger partial charge in [-0.25, -0.2) is 0 Å². The van der Waals surface area contributed by atoms with Gasteiger partial charge in [-0.2, -0.15) is 0 Å². The second-order valence-electron chi connectivity index (χ2n) is 6.64. The molecule has 0 bridgehead atoms. The number of halogens is 2. The zero-order valence-electron chi connectivity index (χ0n) is 14.9. The van der Waals surface area contributed by atoms with E-state index in [1.807, 2.05) is 6.92 Å². The van der Waals surface area contributed by atoms with Crippen LogP contribution in [0.15, 0.2) is 18.2 Å². The van der Waals surface area contributed by atoms with Gasteiger partial charge in [0.15, 0.2) is 0 Å². The fourth-order valence-electron chi connectivity index (χ4n) is 3.19. The number of nitrogens with zero attached hydrogens (tertiary/aromatic N) is 1. The fourth-order valence-corrected chi connectivity index (χ4v) is 3.70. The molecule has 2 amide bonds. The summed E-state index contributed by atoms with van der Waals surface area (Å²) in [5, 5.41) is 4.08. The zero-order chi connectivity index (χ0) is 18.4. The predicted octanol–water partition coefficient (Wildman–Crippen LogP) is 4.57. The quantitative estimate of drug-likeness (QED) is 0.748. The summed E-state index contributed by atoms with van der Waals surface area (Å²) in [6.45, 7) is 3.95. The SMILES string of the molecule is CCCC(=O)N(Cc1c(Cl)cccc1Cl)[C@@H](C)C(=O)NC1CCCC1. The molecule has 1 aromatic carbocycles. The highest BCUT2D eigenvalue weighted by molar-refractivity contribution is 6.36. The Bertz CT molecular complexity index is 595. The Labute approximate surface area is 159 Å². The van der Waals surface area contributed by atoms with Gasteiger partial charge in [-0.15, -0.1) is 0 Å². The van der Waals surface area contributed by atoms with E-state index in [2.05, 4.69) is 5.32 Å². The minimum Gasteiger partial charge on any atom is -0.352 e. The van der Waals surface area contributed by atoms with E-state index in [0.29, 0.717) is 22.0 Å². The summed E-state index contributed by atoms with van der Waals surface area (Å²) in [4.78, 5) is 26.8. The van der Waals surface area contributed by atoms with Crippen LogP contribution in [0.3, 0.4) is 0 Å². The van der Waals surface area contributed by atoms with Gasteiger partial charge in [-0.3, -0.25) is 9.59 Å². The lowest BCUT2D eigenvalue weighted by atomic mass is 10.1. The van der Waals surface area contributed by atoms with Crippen LogP contribution in [-0.4, -0.2) is 28.8 Å². The van der Waals surface area contributed by atoms with Crippen LogP contribution in [0, 0.1) is 0 Å². The maximum atomic E-state index is 12.6. The molecule has 138 valence electrons. The van der Waals surface area contributed by atoms with Crippen molar-refractivity contribution in [3.63, 3.8) is 0 Å². The minimum absolute atomic E-state index is 0.0624. The monoisotopic (exact) mass is 384 g/mol. The molecule has 0 spiro atoms. The van der Waals surface area contributed by atoms with Crippen LogP contribution in [0.1, 0.15) is 57.9 Å². The molecule has 1 atom stereocenters. The van der Waals surface area contributed by atoms with Gasteiger partial charge < -0.3 is 10.2 Å². The van der Waals surface area contributed by atoms with Crippen molar-refractivity contribution in [2.75, 3.05) is 0 Å². The molecule has 25 heavy (non-hydrogen) atoms. The van der Waals surface area contributed by atoms with E-state index in [1.165, 1.54) is 0 Å². The van der Waals surface area contributed by atoms with Crippen LogP contribution in [0.25, 0.3) is 0 Å². The van der Waals surface area contributed by atoms with Crippen LogP contribution in [0.5, 0.6) is 0 Å². The highest BCUT2D eigenvalue weighted by Crippen LogP contribution is 2.27. The Balaban J connectivity index is 2.16. The van der Waals surface area contributed by atoms with Crippen molar-refractivity contribution in [3.8, 4) is 0 Å². The molecule has 1 aliphatic rings. The summed E-state index contributed by atoms with van der Waals surface area (Å²) in [7, 11) is 0. The van der Waals surface area contributed by atoms with E-state index in [4.69, 9.17) is 23.2 Å². The van der Waals surface area contributed by atoms with Crippen LogP contribution in [-0.2, 0) is 16.1 Å². The normalized spacial score (nSPS) is 15.8. The molecule has 1 N–H and O–H groups in total. The molecule has 1 aromatic rings. The molecule has 0 saturated heterocycles. The Morgan fingerprint density at radius 1 is 1.24 bits per heavy atom. The van der Waals surface area contributed by atoms with Crippen LogP contribution in [0.4, 0.5) is 0 Å². The van der Waals surface area contributed by atoms with Crippen molar-refractivity contribution in [2.24, 2.45) is 0 Å². The molecule has 0 aliphatic heterocycles. The summed E-state index contributed by atoms with van der Waals surface area (Å²) in [5.74, 6) is -0.174. The first-order valence-corrected chi connectivity index (χ1v) is 9.72. The molecule has 0 unspecified atom stereocenters. The van der Waals surface area contributed by atoms with Gasteiger partial charge in [0.25, 0.3) is 0 Å². The van der Waals surface area contributed by atoms with Gasteiger partial charge in [0.2, 0.25) is 11.8 Å². The third kappa shape index (κ3) is 5.35. The molecular formula is C19H26Cl2N2O2. The van der Waals surface area contributed by atoms with E-state index in [-0.39, 0.29) is 24.4 Å². The summed E-state index contributed by atoms with van der Waals surface area (Å²) in [5.41, 5.74) is 0.677. The molecule has 0 radical (unpaired) electrons. The van der Waals surface area contributed by atoms with Crippen LogP contribution in [0.2, 0.25) is 10.0 Å². The molecule has 1 fully saturated rings. The van der Waals surface area contributed by atoms with Gasteiger partial charge in [0.1, 0.15) is 6.04 Å². The van der Waals surface area contributed by atoms with Gasteiger partial charge >= 0.3 is 0 Å². The van der Waals surface area contributed by atoms with Gasteiger partial charge in [-0.1, -0.05) is 49.0 Å². The van der Waals surface area contributed by atoms with Gasteiger partial charge in [0.05, 0.1) is 0 Å². The number of rotatable bonds is 7. The first-order chi connectivity index (χ1) is 11.9. The van der Waals surface area contributed by atoms with Gasteiger partial charge in [0, 0.05) is 34.6 Å². The molecule has 0 heterocycles. The van der Waals surface area contributed by atoms with Crippen molar-refractivity contribution in [3.05, 3.63) is 33.8 Å². The number of benzene rings is 1. The second kappa shape index (κ2) is 9.44. The zero-order valence-corrected chi connectivity index (χ0v) is 16.4. The second-order valence-corrected chi connectivity index (χ2v) is 7.45. The number of carbonyl (C=O) groups excluding carboxylic acids is 2. The minimum atomic E-state index is -0.563. The van der Waals surface area contributed by atoms with Crippen molar-refractivity contribution < 1.29 is 9.59 Å². The molecular weight excluding hydrogens is 359 g/mol. The van der Waals surface area contributed by atoms with E-state index in [1.54, 1.807) is 30.0 Å². The smallest absolute Gasteiger partial charge is 0.242 e. The first-order valence-electron chi connectivity index (χ1n) is 8.96. The molecule has 2 rings (SSSR count). The molecule has 1 aliphatic carbocycles. The highest BCUT2D eigenvalue weighted by Gasteiger charge is 2.28. The average Bonchev–Trinajstić information content (AvgIpc) is 3.07. The van der Waals surface area contributed by atoms with Crippen LogP contribution >= 0.6 is 23.2 Å². The largest absolute Gasteiger partial charge is 0.352 e. The lowest BCUT2D eigenvalue weighted by Crippen LogP contribution is -2.49. The number of nitrogens with one attached hydrogen (secondary N) is 1. The first kappa shape index (κ1) is 20.1. The number of hydrogen-bond acceptors (Lipinski definition) is 2. The van der Waals surface area contributed by atoms with Crippen molar-refractivity contribution in [1.29, 1.82) is 0 Å². The maximum absolute atomic E-state index is 12.6. The Morgan fingerprint density at radius 2 is 1.84 bits per heavy atom. The number of hydrogen-bond donors (Lipinski definition) is 1. The fraction of sp³-hybridized carbons (Fsp3) is 0.579. The van der Waals surface area contributed by atoms with E-state index >= 15 is 0 Å². The number of amides is 2. The summed E-state index contributed by atoms with van der Waals surface area (Å²) in [6, 6.07) is 4.92. The molecule has 0 aromatic heterocycles. The molecule has 6 heteroatoms. The van der Waals surface area contributed by atoms with E-state index < -0.39 is 6.04 Å². The maximum Gasteiger partial charge on any atom is 0.242 e. The topological polar surface area (TPSA) is 49.4 Å². The average molecular weight is 385 g/mol. The van der Waals surface area contributed by atoms with Gasteiger partial charge in [-0.05, 0) is 38.3 Å². The van der Waals surface area contributed by atoms with E-state index in [9.17, 15) is 9.59 Å². The predicted molar refractivity (Wildman–Crippen MR) is 102 cm³/mol. The Hall–Kier alpha value is -1.26. The third-order valence-corrected chi connectivity index (χ3v) is 5.43. The number of carbonyl (C=O) groups is 2. The summed E-state index contributed by atoms with van der Waals surface area (Å²) >= 11 is 12.5. The van der Waals surface area contributed by atoms with Crippen molar-refractivity contribution >= 4 is 35.0 Å². The van der Waals surface area contributed by atoms with Crippen molar-refractivity contribution in [1.82, 2.24) is 10.2 Å². The van der Waals surface area contributed by atoms with Crippen LogP contribution < -0.4 is 5.32 Å². The lowest BCUT2D eigenvalue weighted by molar-refractivity contribution is -0.140. The third-order valence-electron chi connectivity index (χ3n) is 4.72.